The lowest BCUT2D eigenvalue weighted by Crippen LogP contribution is -2.41. The summed E-state index contributed by atoms with van der Waals surface area (Å²) in [7, 11) is 0. The zero-order valence-electron chi connectivity index (χ0n) is 8.19. The average molecular weight is 237 g/mol. The second-order valence-corrected chi connectivity index (χ2v) is 4.37. The number of thiol groups is 1. The molecule has 0 aromatic carbocycles. The van der Waals surface area contributed by atoms with Crippen LogP contribution in [0.4, 0.5) is 0 Å². The second kappa shape index (κ2) is 5.24. The van der Waals surface area contributed by atoms with E-state index in [1.165, 1.54) is 12.8 Å². The minimum atomic E-state index is 0. The summed E-state index contributed by atoms with van der Waals surface area (Å²) in [6, 6.07) is 0.0569. The number of amides is 1. The molecule has 1 amide bonds. The number of halogens is 1. The molecular weight excluding hydrogens is 220 g/mol. The number of carbonyl (C=O) groups excluding carboxylic acids is 1. The van der Waals surface area contributed by atoms with E-state index in [0.717, 1.165) is 32.5 Å². The third-order valence-corrected chi connectivity index (χ3v) is 3.41. The molecule has 0 unspecified atom stereocenters. The molecule has 2 rings (SSSR count). The molecule has 2 aliphatic rings. The first kappa shape index (κ1) is 12.1. The van der Waals surface area contributed by atoms with E-state index in [2.05, 4.69) is 12.8 Å². The van der Waals surface area contributed by atoms with E-state index in [0.29, 0.717) is 5.91 Å². The van der Waals surface area contributed by atoms with Crippen molar-refractivity contribution in [2.45, 2.75) is 31.7 Å². The van der Waals surface area contributed by atoms with Gasteiger partial charge < -0.3 is 4.90 Å². The fraction of sp³-hybridized carbons (Fsp3) is 0.889. The Hall–Kier alpha value is 0.0700. The van der Waals surface area contributed by atoms with Crippen molar-refractivity contribution in [3.63, 3.8) is 0 Å². The Bertz CT molecular complexity index is 209. The Morgan fingerprint density at radius 2 is 1.79 bits per heavy atom. The first-order chi connectivity index (χ1) is 6.29. The first-order valence-corrected chi connectivity index (χ1v) is 5.43. The van der Waals surface area contributed by atoms with Gasteiger partial charge in [0.2, 0.25) is 5.91 Å². The highest BCUT2D eigenvalue weighted by molar-refractivity contribution is 7.77. The molecule has 14 heavy (non-hydrogen) atoms. The predicted molar refractivity (Wildman–Crippen MR) is 61.8 cm³/mol. The molecule has 0 saturated carbocycles. The lowest BCUT2D eigenvalue weighted by molar-refractivity contribution is -0.133. The van der Waals surface area contributed by atoms with E-state index in [-0.39, 0.29) is 18.4 Å². The smallest absolute Gasteiger partial charge is 0.240 e. The van der Waals surface area contributed by atoms with Crippen molar-refractivity contribution in [3.8, 4) is 0 Å². The molecular formula is C9H17ClN2OS. The second-order valence-electron chi connectivity index (χ2n) is 3.85. The summed E-state index contributed by atoms with van der Waals surface area (Å²) in [5.41, 5.74) is 0. The van der Waals surface area contributed by atoms with Crippen molar-refractivity contribution in [3.05, 3.63) is 0 Å². The lowest BCUT2D eigenvalue weighted by Gasteiger charge is -2.23. The molecule has 0 aliphatic carbocycles. The van der Waals surface area contributed by atoms with Crippen LogP contribution in [-0.2, 0) is 4.79 Å². The average Bonchev–Trinajstić information content (AvgIpc) is 2.72. The number of nitrogens with zero attached hydrogens (tertiary/aromatic N) is 2. The van der Waals surface area contributed by atoms with Crippen LogP contribution in [0.25, 0.3) is 0 Å². The van der Waals surface area contributed by atoms with E-state index in [4.69, 9.17) is 0 Å². The van der Waals surface area contributed by atoms with Crippen LogP contribution in [0.5, 0.6) is 0 Å². The Labute approximate surface area is 96.8 Å². The van der Waals surface area contributed by atoms with Gasteiger partial charge in [-0.2, -0.15) is 0 Å². The van der Waals surface area contributed by atoms with Gasteiger partial charge in [0.25, 0.3) is 0 Å². The van der Waals surface area contributed by atoms with E-state index in [9.17, 15) is 4.79 Å². The van der Waals surface area contributed by atoms with Crippen LogP contribution in [-0.4, -0.2) is 40.8 Å². The first-order valence-electron chi connectivity index (χ1n) is 5.03. The molecule has 1 atom stereocenters. The van der Waals surface area contributed by atoms with Gasteiger partial charge in [0.05, 0.1) is 6.04 Å². The normalized spacial score (nSPS) is 27.8. The molecule has 2 fully saturated rings. The van der Waals surface area contributed by atoms with Crippen molar-refractivity contribution in [1.82, 2.24) is 9.21 Å². The van der Waals surface area contributed by atoms with Crippen LogP contribution >= 0.6 is 25.2 Å². The summed E-state index contributed by atoms with van der Waals surface area (Å²) in [6.07, 6.45) is 4.43. The number of likely N-dealkylation sites (tertiary alicyclic amines) is 1. The van der Waals surface area contributed by atoms with Crippen LogP contribution in [0, 0.1) is 0 Å². The summed E-state index contributed by atoms with van der Waals surface area (Å²) in [6.45, 7) is 2.86. The van der Waals surface area contributed by atoms with Gasteiger partial charge in [-0.05, 0) is 25.7 Å². The molecule has 2 saturated heterocycles. The number of carbonyl (C=O) groups is 1. The lowest BCUT2D eigenvalue weighted by atomic mass is 10.2. The molecule has 2 aliphatic heterocycles. The fourth-order valence-corrected chi connectivity index (χ4v) is 2.51. The molecule has 5 heteroatoms. The number of rotatable bonds is 1. The van der Waals surface area contributed by atoms with Crippen LogP contribution in [0.3, 0.4) is 0 Å². The van der Waals surface area contributed by atoms with Crippen LogP contribution in [0.15, 0.2) is 0 Å². The molecule has 0 N–H and O–H groups in total. The quantitative estimate of drug-likeness (QED) is 0.695. The van der Waals surface area contributed by atoms with Crippen LogP contribution in [0.2, 0.25) is 0 Å². The minimum Gasteiger partial charge on any atom is -0.341 e. The highest BCUT2D eigenvalue weighted by Gasteiger charge is 2.32. The van der Waals surface area contributed by atoms with Crippen molar-refractivity contribution in [2.75, 3.05) is 19.6 Å². The fourth-order valence-electron chi connectivity index (χ4n) is 2.15. The molecule has 2 heterocycles. The third-order valence-electron chi connectivity index (χ3n) is 2.93. The van der Waals surface area contributed by atoms with Gasteiger partial charge in [-0.1, -0.05) is 12.8 Å². The minimum absolute atomic E-state index is 0. The predicted octanol–water partition coefficient (Wildman–Crippen LogP) is 1.34. The number of hydrogen-bond acceptors (Lipinski definition) is 3. The molecule has 0 bridgehead atoms. The van der Waals surface area contributed by atoms with E-state index >= 15 is 0 Å². The summed E-state index contributed by atoms with van der Waals surface area (Å²) in [4.78, 5) is 13.9. The Balaban J connectivity index is 0.000000980. The van der Waals surface area contributed by atoms with Gasteiger partial charge in [0.1, 0.15) is 0 Å². The van der Waals surface area contributed by atoms with Crippen LogP contribution < -0.4 is 0 Å². The largest absolute Gasteiger partial charge is 0.341 e. The van der Waals surface area contributed by atoms with Gasteiger partial charge in [0, 0.05) is 19.6 Å². The Morgan fingerprint density at radius 3 is 2.29 bits per heavy atom. The van der Waals surface area contributed by atoms with Crippen molar-refractivity contribution in [1.29, 1.82) is 0 Å². The molecule has 0 aromatic heterocycles. The molecule has 0 spiro atoms. The van der Waals surface area contributed by atoms with E-state index in [1.54, 1.807) is 0 Å². The standard InChI is InChI=1S/C9H16N2OS.ClH/c12-9(10-5-1-2-6-10)8-4-3-7-11(8)13;/h8,13H,1-7H2;1H/t8-;/m1./s1. The topological polar surface area (TPSA) is 23.6 Å². The highest BCUT2D eigenvalue weighted by Crippen LogP contribution is 2.22. The number of hydrogen-bond donors (Lipinski definition) is 1. The molecule has 0 radical (unpaired) electrons. The van der Waals surface area contributed by atoms with Gasteiger partial charge in [-0.3, -0.25) is 4.79 Å². The van der Waals surface area contributed by atoms with Crippen LogP contribution in [0.1, 0.15) is 25.7 Å². The monoisotopic (exact) mass is 236 g/mol. The summed E-state index contributed by atoms with van der Waals surface area (Å²) in [5, 5.41) is 0. The van der Waals surface area contributed by atoms with E-state index < -0.39 is 0 Å². The molecule has 0 aromatic rings. The maximum Gasteiger partial charge on any atom is 0.240 e. The van der Waals surface area contributed by atoms with Crippen molar-refractivity contribution in [2.24, 2.45) is 0 Å². The van der Waals surface area contributed by atoms with Gasteiger partial charge in [-0.15, -0.1) is 12.4 Å². The van der Waals surface area contributed by atoms with Crippen molar-refractivity contribution < 1.29 is 4.79 Å². The third kappa shape index (κ3) is 2.35. The Morgan fingerprint density at radius 1 is 1.14 bits per heavy atom. The summed E-state index contributed by atoms with van der Waals surface area (Å²) >= 11 is 4.31. The Kier molecular flexibility index (Phi) is 4.54. The van der Waals surface area contributed by atoms with Crippen molar-refractivity contribution >= 4 is 31.1 Å². The van der Waals surface area contributed by atoms with Gasteiger partial charge >= 0.3 is 0 Å². The van der Waals surface area contributed by atoms with E-state index in [1.807, 2.05) is 9.21 Å². The molecule has 3 nitrogen and oxygen atoms in total. The highest BCUT2D eigenvalue weighted by atomic mass is 35.5. The van der Waals surface area contributed by atoms with Gasteiger partial charge in [-0.25, -0.2) is 4.31 Å². The molecule has 82 valence electrons. The summed E-state index contributed by atoms with van der Waals surface area (Å²) in [5.74, 6) is 0.296. The maximum absolute atomic E-state index is 11.9. The zero-order valence-corrected chi connectivity index (χ0v) is 9.90. The van der Waals surface area contributed by atoms with Gasteiger partial charge in [0.15, 0.2) is 0 Å². The SMILES string of the molecule is Cl.O=C([C@H]1CCCN1S)N1CCCC1. The summed E-state index contributed by atoms with van der Waals surface area (Å²) < 4.78 is 1.89. The maximum atomic E-state index is 11.9. The zero-order chi connectivity index (χ0) is 9.26.